The van der Waals surface area contributed by atoms with Gasteiger partial charge in [-0.15, -0.1) is 0 Å². The van der Waals surface area contributed by atoms with Gasteiger partial charge in [0.2, 0.25) is 5.78 Å². The molecule has 7 heteroatoms. The van der Waals surface area contributed by atoms with Crippen molar-refractivity contribution in [2.75, 3.05) is 7.11 Å². The Morgan fingerprint density at radius 2 is 1.79 bits per heavy atom. The fourth-order valence-corrected chi connectivity index (χ4v) is 2.56. The SMILES string of the molecule is COC(=O)c1cc(C(=O)c2ccccc2[N+](=O)[O-])n2ccccc12. The lowest BCUT2D eigenvalue weighted by atomic mass is 10.1. The van der Waals surface area contributed by atoms with Crippen LogP contribution in [0.25, 0.3) is 5.52 Å². The van der Waals surface area contributed by atoms with Crippen molar-refractivity contribution in [3.8, 4) is 0 Å². The van der Waals surface area contributed by atoms with Crippen molar-refractivity contribution in [2.45, 2.75) is 0 Å². The number of fused-ring (bicyclic) bond motifs is 1. The van der Waals surface area contributed by atoms with E-state index in [1.165, 1.54) is 35.8 Å². The Balaban J connectivity index is 2.22. The predicted molar refractivity (Wildman–Crippen MR) is 85.3 cm³/mol. The van der Waals surface area contributed by atoms with Crippen LogP contribution in [0, 0.1) is 10.1 Å². The van der Waals surface area contributed by atoms with E-state index < -0.39 is 16.7 Å². The Morgan fingerprint density at radius 1 is 1.08 bits per heavy atom. The van der Waals surface area contributed by atoms with Crippen molar-refractivity contribution in [3.63, 3.8) is 0 Å². The number of carbonyl (C=O) groups is 2. The van der Waals surface area contributed by atoms with Gasteiger partial charge in [0.1, 0.15) is 5.56 Å². The quantitative estimate of drug-likeness (QED) is 0.318. The second-order valence-electron chi connectivity index (χ2n) is 4.99. The number of nitro benzene ring substituents is 1. The summed E-state index contributed by atoms with van der Waals surface area (Å²) in [7, 11) is 1.25. The van der Waals surface area contributed by atoms with E-state index in [0.717, 1.165) is 0 Å². The average molecular weight is 324 g/mol. The summed E-state index contributed by atoms with van der Waals surface area (Å²) in [4.78, 5) is 35.3. The zero-order valence-corrected chi connectivity index (χ0v) is 12.6. The maximum absolute atomic E-state index is 12.8. The number of methoxy groups -OCH3 is 1. The van der Waals surface area contributed by atoms with Crippen LogP contribution in [-0.4, -0.2) is 28.2 Å². The molecule has 2 aromatic heterocycles. The fraction of sp³-hybridized carbons (Fsp3) is 0.0588. The molecule has 2 heterocycles. The molecular formula is C17H12N2O5. The van der Waals surface area contributed by atoms with Crippen molar-refractivity contribution in [1.29, 1.82) is 0 Å². The van der Waals surface area contributed by atoms with Gasteiger partial charge in [0.25, 0.3) is 5.69 Å². The summed E-state index contributed by atoms with van der Waals surface area (Å²) in [5.74, 6) is -1.13. The number of aromatic nitrogens is 1. The van der Waals surface area contributed by atoms with Crippen molar-refractivity contribution < 1.29 is 19.2 Å². The highest BCUT2D eigenvalue weighted by atomic mass is 16.6. The molecule has 0 bridgehead atoms. The Morgan fingerprint density at radius 3 is 2.50 bits per heavy atom. The molecule has 0 aliphatic heterocycles. The summed E-state index contributed by atoms with van der Waals surface area (Å²) in [6, 6.07) is 12.2. The van der Waals surface area contributed by atoms with Crippen molar-refractivity contribution in [2.24, 2.45) is 0 Å². The number of nitro groups is 1. The summed E-state index contributed by atoms with van der Waals surface area (Å²) in [5, 5.41) is 11.2. The summed E-state index contributed by atoms with van der Waals surface area (Å²) >= 11 is 0. The van der Waals surface area contributed by atoms with Crippen LogP contribution in [0.5, 0.6) is 0 Å². The van der Waals surface area contributed by atoms with Gasteiger partial charge < -0.3 is 9.14 Å². The highest BCUT2D eigenvalue weighted by Crippen LogP contribution is 2.25. The monoisotopic (exact) mass is 324 g/mol. The van der Waals surface area contributed by atoms with E-state index in [9.17, 15) is 19.7 Å². The van der Waals surface area contributed by atoms with Gasteiger partial charge in [-0.25, -0.2) is 4.79 Å². The van der Waals surface area contributed by atoms with E-state index in [2.05, 4.69) is 0 Å². The molecule has 7 nitrogen and oxygen atoms in total. The van der Waals surface area contributed by atoms with Crippen molar-refractivity contribution in [3.05, 3.63) is 81.7 Å². The molecule has 0 unspecified atom stereocenters. The maximum Gasteiger partial charge on any atom is 0.340 e. The predicted octanol–water partition coefficient (Wildman–Crippen LogP) is 2.87. The Labute approximate surface area is 136 Å². The number of ether oxygens (including phenoxy) is 1. The molecule has 0 spiro atoms. The second kappa shape index (κ2) is 5.96. The lowest BCUT2D eigenvalue weighted by molar-refractivity contribution is -0.385. The molecule has 3 rings (SSSR count). The molecule has 0 aliphatic rings. The Hall–Kier alpha value is -3.48. The smallest absolute Gasteiger partial charge is 0.340 e. The topological polar surface area (TPSA) is 90.9 Å². The number of ketones is 1. The zero-order valence-electron chi connectivity index (χ0n) is 12.6. The minimum Gasteiger partial charge on any atom is -0.465 e. The molecular weight excluding hydrogens is 312 g/mol. The minimum atomic E-state index is -0.607. The molecule has 24 heavy (non-hydrogen) atoms. The van der Waals surface area contributed by atoms with Gasteiger partial charge in [-0.05, 0) is 24.3 Å². The normalized spacial score (nSPS) is 10.5. The molecule has 1 aromatic carbocycles. The summed E-state index contributed by atoms with van der Waals surface area (Å²) in [6.07, 6.45) is 1.61. The fourth-order valence-electron chi connectivity index (χ4n) is 2.56. The van der Waals surface area contributed by atoms with Crippen LogP contribution in [0.3, 0.4) is 0 Å². The zero-order chi connectivity index (χ0) is 17.3. The first-order valence-electron chi connectivity index (χ1n) is 7.01. The molecule has 0 radical (unpaired) electrons. The first-order valence-corrected chi connectivity index (χ1v) is 7.01. The standard InChI is InChI=1S/C17H12N2O5/c1-24-17(21)12-10-15(18-9-5-4-7-13(12)18)16(20)11-6-2-3-8-14(11)19(22)23/h2-10H,1H3. The van der Waals surface area contributed by atoms with Crippen LogP contribution in [0.4, 0.5) is 5.69 Å². The number of benzene rings is 1. The van der Waals surface area contributed by atoms with Crippen LogP contribution >= 0.6 is 0 Å². The molecule has 0 atom stereocenters. The lowest BCUT2D eigenvalue weighted by Gasteiger charge is -2.03. The van der Waals surface area contributed by atoms with Crippen molar-refractivity contribution >= 4 is 23.0 Å². The number of carbonyl (C=O) groups excluding carboxylic acids is 2. The number of hydrogen-bond acceptors (Lipinski definition) is 5. The molecule has 0 fully saturated rings. The van der Waals surface area contributed by atoms with Crippen LogP contribution in [-0.2, 0) is 4.74 Å². The van der Waals surface area contributed by atoms with Crippen LogP contribution in [0.15, 0.2) is 54.7 Å². The van der Waals surface area contributed by atoms with Crippen LogP contribution in [0.1, 0.15) is 26.4 Å². The van der Waals surface area contributed by atoms with Crippen LogP contribution in [0.2, 0.25) is 0 Å². The Bertz CT molecular complexity index is 974. The molecule has 120 valence electrons. The van der Waals surface area contributed by atoms with Gasteiger partial charge in [0.15, 0.2) is 0 Å². The highest BCUT2D eigenvalue weighted by Gasteiger charge is 2.25. The molecule has 0 saturated carbocycles. The first-order chi connectivity index (χ1) is 11.5. The van der Waals surface area contributed by atoms with Crippen LogP contribution < -0.4 is 0 Å². The summed E-state index contributed by atoms with van der Waals surface area (Å²) in [5.41, 5.74) is 0.543. The Kier molecular flexibility index (Phi) is 3.83. The van der Waals surface area contributed by atoms with E-state index in [0.29, 0.717) is 5.52 Å². The highest BCUT2D eigenvalue weighted by molar-refractivity contribution is 6.13. The molecule has 0 saturated heterocycles. The summed E-state index contributed by atoms with van der Waals surface area (Å²) < 4.78 is 6.25. The van der Waals surface area contributed by atoms with E-state index >= 15 is 0 Å². The third-order valence-electron chi connectivity index (χ3n) is 3.66. The van der Waals surface area contributed by atoms with E-state index in [4.69, 9.17) is 4.74 Å². The number of esters is 1. The molecule has 0 amide bonds. The molecule has 3 aromatic rings. The van der Waals surface area contributed by atoms with Gasteiger partial charge in [-0.1, -0.05) is 18.2 Å². The van der Waals surface area contributed by atoms with Gasteiger partial charge in [-0.3, -0.25) is 14.9 Å². The third-order valence-corrected chi connectivity index (χ3v) is 3.66. The number of hydrogen-bond donors (Lipinski definition) is 0. The van der Waals surface area contributed by atoms with Gasteiger partial charge in [0.05, 0.1) is 28.8 Å². The van der Waals surface area contributed by atoms with Crippen molar-refractivity contribution in [1.82, 2.24) is 4.40 Å². The number of para-hydroxylation sites is 1. The number of rotatable bonds is 4. The van der Waals surface area contributed by atoms with Gasteiger partial charge in [0, 0.05) is 12.3 Å². The summed E-state index contributed by atoms with van der Waals surface area (Å²) in [6.45, 7) is 0. The van der Waals surface area contributed by atoms with E-state index in [-0.39, 0.29) is 22.5 Å². The average Bonchev–Trinajstić information content (AvgIpc) is 3.00. The lowest BCUT2D eigenvalue weighted by Crippen LogP contribution is -2.07. The van der Waals surface area contributed by atoms with E-state index in [1.807, 2.05) is 0 Å². The molecule has 0 N–H and O–H groups in total. The molecule has 0 aliphatic carbocycles. The number of pyridine rings is 1. The maximum atomic E-state index is 12.8. The van der Waals surface area contributed by atoms with Gasteiger partial charge in [-0.2, -0.15) is 0 Å². The number of nitrogens with zero attached hydrogens (tertiary/aromatic N) is 2. The minimum absolute atomic E-state index is 0.0397. The van der Waals surface area contributed by atoms with Gasteiger partial charge >= 0.3 is 5.97 Å². The first kappa shape index (κ1) is 15.4. The van der Waals surface area contributed by atoms with E-state index in [1.54, 1.807) is 30.5 Å². The third kappa shape index (κ3) is 2.41. The second-order valence-corrected chi connectivity index (χ2v) is 4.99. The largest absolute Gasteiger partial charge is 0.465 e.